The van der Waals surface area contributed by atoms with Gasteiger partial charge >= 0.3 is 5.97 Å². The number of aliphatic carboxylic acids is 1. The number of anilines is 1. The number of fused-ring (bicyclic) bond motifs is 1. The molecule has 1 aliphatic rings. The maximum Gasteiger partial charge on any atom is 0.306 e. The molecule has 110 valence electrons. The van der Waals surface area contributed by atoms with Crippen molar-refractivity contribution in [3.05, 3.63) is 29.5 Å². The molecule has 3 rings (SSSR count). The molecule has 1 heterocycles. The fourth-order valence-electron chi connectivity index (χ4n) is 2.82. The van der Waals surface area contributed by atoms with Crippen LogP contribution in [0.15, 0.2) is 24.5 Å². The van der Waals surface area contributed by atoms with E-state index in [0.29, 0.717) is 17.9 Å². The third-order valence-corrected chi connectivity index (χ3v) is 4.25. The first kappa shape index (κ1) is 14.1. The highest BCUT2D eigenvalue weighted by Gasteiger charge is 2.26. The second-order valence-electron chi connectivity index (χ2n) is 5.41. The van der Waals surface area contributed by atoms with Crippen LogP contribution in [0.2, 0.25) is 5.02 Å². The van der Waals surface area contributed by atoms with Crippen molar-refractivity contribution in [3.63, 3.8) is 0 Å². The van der Waals surface area contributed by atoms with Gasteiger partial charge in [-0.1, -0.05) is 11.6 Å². The average Bonchev–Trinajstić information content (AvgIpc) is 2.47. The lowest BCUT2D eigenvalue weighted by molar-refractivity contribution is -0.142. The topological polar surface area (TPSA) is 75.1 Å². The lowest BCUT2D eigenvalue weighted by Gasteiger charge is -2.27. The van der Waals surface area contributed by atoms with Gasteiger partial charge in [0.25, 0.3) is 0 Å². The van der Waals surface area contributed by atoms with Crippen LogP contribution in [0.5, 0.6) is 0 Å². The van der Waals surface area contributed by atoms with Crippen molar-refractivity contribution >= 4 is 34.3 Å². The number of hydrogen-bond acceptors (Lipinski definition) is 4. The predicted octanol–water partition coefficient (Wildman–Crippen LogP) is 3.34. The number of carboxylic acid groups (broad SMARTS) is 1. The van der Waals surface area contributed by atoms with Gasteiger partial charge in [-0.2, -0.15) is 0 Å². The van der Waals surface area contributed by atoms with E-state index < -0.39 is 5.97 Å². The molecule has 1 aliphatic carbocycles. The van der Waals surface area contributed by atoms with E-state index >= 15 is 0 Å². The fraction of sp³-hybridized carbons (Fsp3) is 0.400. The van der Waals surface area contributed by atoms with Gasteiger partial charge in [0.05, 0.1) is 11.4 Å². The average molecular weight is 306 g/mol. The molecule has 1 aromatic carbocycles. The standard InChI is InChI=1S/C15H16ClN3O2/c16-10-3-6-12-13(7-10)17-8-18-14(12)19-11-4-1-9(2-5-11)15(20)21/h3,6-9,11H,1-2,4-5H2,(H,20,21)(H,17,18,19). The Labute approximate surface area is 127 Å². The highest BCUT2D eigenvalue weighted by molar-refractivity contribution is 6.31. The Balaban J connectivity index is 1.75. The van der Waals surface area contributed by atoms with Gasteiger partial charge in [-0.3, -0.25) is 4.79 Å². The third-order valence-electron chi connectivity index (χ3n) is 4.02. The van der Waals surface area contributed by atoms with Crippen molar-refractivity contribution in [1.82, 2.24) is 9.97 Å². The number of aromatic nitrogens is 2. The summed E-state index contributed by atoms with van der Waals surface area (Å²) in [5, 5.41) is 14.0. The normalized spacial score (nSPS) is 22.1. The zero-order chi connectivity index (χ0) is 14.8. The minimum atomic E-state index is -0.685. The van der Waals surface area contributed by atoms with Crippen LogP contribution in [0.3, 0.4) is 0 Å². The van der Waals surface area contributed by atoms with E-state index in [1.165, 1.54) is 6.33 Å². The number of nitrogens with zero attached hydrogens (tertiary/aromatic N) is 2. The smallest absolute Gasteiger partial charge is 0.306 e. The van der Waals surface area contributed by atoms with Gasteiger partial charge in [0, 0.05) is 16.5 Å². The zero-order valence-corrected chi connectivity index (χ0v) is 12.2. The Bertz CT molecular complexity index is 669. The number of halogens is 1. The maximum atomic E-state index is 11.0. The summed E-state index contributed by atoms with van der Waals surface area (Å²) in [6.07, 6.45) is 4.62. The van der Waals surface area contributed by atoms with Gasteiger partial charge in [-0.15, -0.1) is 0 Å². The molecule has 0 atom stereocenters. The molecule has 6 heteroatoms. The summed E-state index contributed by atoms with van der Waals surface area (Å²) < 4.78 is 0. The minimum absolute atomic E-state index is 0.205. The van der Waals surface area contributed by atoms with E-state index in [4.69, 9.17) is 16.7 Å². The van der Waals surface area contributed by atoms with E-state index in [-0.39, 0.29) is 12.0 Å². The Morgan fingerprint density at radius 2 is 2.00 bits per heavy atom. The molecule has 1 aromatic heterocycles. The SMILES string of the molecule is O=C(O)C1CCC(Nc2ncnc3cc(Cl)ccc23)CC1. The Kier molecular flexibility index (Phi) is 3.92. The molecule has 5 nitrogen and oxygen atoms in total. The van der Waals surface area contributed by atoms with Crippen LogP contribution >= 0.6 is 11.6 Å². The number of hydrogen-bond donors (Lipinski definition) is 2. The largest absolute Gasteiger partial charge is 0.481 e. The van der Waals surface area contributed by atoms with Crippen LogP contribution < -0.4 is 5.32 Å². The van der Waals surface area contributed by atoms with E-state index in [2.05, 4.69) is 15.3 Å². The number of rotatable bonds is 3. The van der Waals surface area contributed by atoms with Crippen LogP contribution in [0, 0.1) is 5.92 Å². The highest BCUT2D eigenvalue weighted by Crippen LogP contribution is 2.29. The van der Waals surface area contributed by atoms with Crippen molar-refractivity contribution in [2.24, 2.45) is 5.92 Å². The summed E-state index contributed by atoms with van der Waals surface area (Å²) >= 11 is 5.97. The maximum absolute atomic E-state index is 11.0. The van der Waals surface area contributed by atoms with Gasteiger partial charge in [0.2, 0.25) is 0 Å². The number of nitrogens with one attached hydrogen (secondary N) is 1. The van der Waals surface area contributed by atoms with Gasteiger partial charge in [0.15, 0.2) is 0 Å². The summed E-state index contributed by atoms with van der Waals surface area (Å²) in [5.41, 5.74) is 0.805. The first-order chi connectivity index (χ1) is 10.1. The molecule has 1 saturated carbocycles. The monoisotopic (exact) mass is 305 g/mol. The van der Waals surface area contributed by atoms with Crippen LogP contribution in [-0.4, -0.2) is 27.1 Å². The van der Waals surface area contributed by atoms with Gasteiger partial charge < -0.3 is 10.4 Å². The highest BCUT2D eigenvalue weighted by atomic mass is 35.5. The van der Waals surface area contributed by atoms with Crippen molar-refractivity contribution in [1.29, 1.82) is 0 Å². The molecule has 0 saturated heterocycles. The van der Waals surface area contributed by atoms with Crippen molar-refractivity contribution in [2.75, 3.05) is 5.32 Å². The zero-order valence-electron chi connectivity index (χ0n) is 11.4. The summed E-state index contributed by atoms with van der Waals surface area (Å²) in [6, 6.07) is 5.79. The molecule has 21 heavy (non-hydrogen) atoms. The lowest BCUT2D eigenvalue weighted by Crippen LogP contribution is -2.29. The summed E-state index contributed by atoms with van der Waals surface area (Å²) in [5.74, 6) is -0.102. The Morgan fingerprint density at radius 1 is 1.24 bits per heavy atom. The van der Waals surface area contributed by atoms with Crippen LogP contribution in [0.4, 0.5) is 5.82 Å². The number of carbonyl (C=O) groups is 1. The van der Waals surface area contributed by atoms with Gasteiger partial charge in [-0.05, 0) is 43.9 Å². The van der Waals surface area contributed by atoms with Crippen LogP contribution in [0.25, 0.3) is 10.9 Å². The molecular weight excluding hydrogens is 290 g/mol. The number of carboxylic acids is 1. The minimum Gasteiger partial charge on any atom is -0.481 e. The molecule has 0 unspecified atom stereocenters. The van der Waals surface area contributed by atoms with E-state index in [9.17, 15) is 4.79 Å². The van der Waals surface area contributed by atoms with E-state index in [0.717, 1.165) is 29.6 Å². The second-order valence-corrected chi connectivity index (χ2v) is 5.85. The van der Waals surface area contributed by atoms with Crippen molar-refractivity contribution in [3.8, 4) is 0 Å². The fourth-order valence-corrected chi connectivity index (χ4v) is 2.99. The van der Waals surface area contributed by atoms with E-state index in [1.54, 1.807) is 0 Å². The summed E-state index contributed by atoms with van der Waals surface area (Å²) in [7, 11) is 0. The van der Waals surface area contributed by atoms with Crippen molar-refractivity contribution < 1.29 is 9.90 Å². The molecule has 0 bridgehead atoms. The molecule has 0 spiro atoms. The molecule has 1 fully saturated rings. The van der Waals surface area contributed by atoms with Crippen LogP contribution in [-0.2, 0) is 4.79 Å². The second kappa shape index (κ2) is 5.85. The first-order valence-corrected chi connectivity index (χ1v) is 7.41. The molecule has 0 amide bonds. The molecule has 0 radical (unpaired) electrons. The van der Waals surface area contributed by atoms with Gasteiger partial charge in [-0.25, -0.2) is 9.97 Å². The quantitative estimate of drug-likeness (QED) is 0.909. The lowest BCUT2D eigenvalue weighted by atomic mass is 9.86. The Hall–Kier alpha value is -1.88. The predicted molar refractivity (Wildman–Crippen MR) is 81.6 cm³/mol. The molecular formula is C15H16ClN3O2. The van der Waals surface area contributed by atoms with E-state index in [1.807, 2.05) is 18.2 Å². The van der Waals surface area contributed by atoms with Crippen molar-refractivity contribution in [2.45, 2.75) is 31.7 Å². The molecule has 2 N–H and O–H groups in total. The molecule has 0 aliphatic heterocycles. The Morgan fingerprint density at radius 3 is 2.71 bits per heavy atom. The molecule has 2 aromatic rings. The summed E-state index contributed by atoms with van der Waals surface area (Å²) in [4.78, 5) is 19.5. The number of benzene rings is 1. The third kappa shape index (κ3) is 3.08. The first-order valence-electron chi connectivity index (χ1n) is 7.03. The summed E-state index contributed by atoms with van der Waals surface area (Å²) in [6.45, 7) is 0. The van der Waals surface area contributed by atoms with Crippen LogP contribution in [0.1, 0.15) is 25.7 Å². The van der Waals surface area contributed by atoms with Gasteiger partial charge in [0.1, 0.15) is 12.1 Å².